The van der Waals surface area contributed by atoms with Crippen LogP contribution in [0, 0.1) is 12.8 Å². The minimum atomic E-state index is 0.283. The Hall–Kier alpha value is -3.21. The van der Waals surface area contributed by atoms with Crippen LogP contribution in [0.5, 0.6) is 5.75 Å². The number of nitrogen functional groups attached to an aromatic ring is 1. The van der Waals surface area contributed by atoms with E-state index in [4.69, 9.17) is 15.5 Å². The third kappa shape index (κ3) is 2.85. The number of fused-ring (bicyclic) bond motifs is 2. The predicted molar refractivity (Wildman–Crippen MR) is 107 cm³/mol. The summed E-state index contributed by atoms with van der Waals surface area (Å²) >= 11 is 0. The van der Waals surface area contributed by atoms with Crippen LogP contribution in [-0.2, 0) is 12.8 Å². The highest BCUT2D eigenvalue weighted by molar-refractivity contribution is 5.96. The molecule has 2 aliphatic rings. The molecule has 2 aliphatic heterocycles. The van der Waals surface area contributed by atoms with E-state index in [0.29, 0.717) is 12.5 Å². The van der Waals surface area contributed by atoms with Crippen LogP contribution >= 0.6 is 0 Å². The van der Waals surface area contributed by atoms with E-state index in [-0.39, 0.29) is 5.95 Å². The lowest BCUT2D eigenvalue weighted by Gasteiger charge is -2.26. The molecule has 5 rings (SSSR count). The molecule has 0 fully saturated rings. The van der Waals surface area contributed by atoms with Gasteiger partial charge in [0, 0.05) is 29.8 Å². The monoisotopic (exact) mass is 356 g/mol. The van der Waals surface area contributed by atoms with Crippen molar-refractivity contribution in [2.75, 3.05) is 12.3 Å². The molecule has 1 atom stereocenters. The quantitative estimate of drug-likeness (QED) is 0.755. The molecule has 0 amide bonds. The van der Waals surface area contributed by atoms with Gasteiger partial charge in [-0.2, -0.15) is 0 Å². The summed E-state index contributed by atoms with van der Waals surface area (Å²) in [5.41, 5.74) is 13.6. The fraction of sp³-hybridized carbons (Fsp3) is 0.227. The second kappa shape index (κ2) is 6.20. The number of aliphatic imine (C=N–C) groups is 1. The summed E-state index contributed by atoms with van der Waals surface area (Å²) in [5.74, 6) is 1.63. The van der Waals surface area contributed by atoms with Crippen LogP contribution in [-0.4, -0.2) is 22.3 Å². The molecule has 0 saturated carbocycles. The van der Waals surface area contributed by atoms with Crippen LogP contribution in [0.15, 0.2) is 53.7 Å². The Morgan fingerprint density at radius 2 is 2.07 bits per heavy atom. The molecule has 27 heavy (non-hydrogen) atoms. The van der Waals surface area contributed by atoms with Crippen LogP contribution in [0.4, 0.5) is 11.6 Å². The van der Waals surface area contributed by atoms with Crippen molar-refractivity contribution in [3.63, 3.8) is 0 Å². The second-order valence-corrected chi connectivity index (χ2v) is 7.19. The van der Waals surface area contributed by atoms with Gasteiger partial charge in [0.15, 0.2) is 0 Å². The van der Waals surface area contributed by atoms with E-state index in [0.717, 1.165) is 35.5 Å². The molecule has 3 heterocycles. The van der Waals surface area contributed by atoms with E-state index < -0.39 is 0 Å². The van der Waals surface area contributed by atoms with Crippen LogP contribution in [0.2, 0.25) is 0 Å². The fourth-order valence-corrected chi connectivity index (χ4v) is 3.92. The summed E-state index contributed by atoms with van der Waals surface area (Å²) in [6.07, 6.45) is 3.56. The van der Waals surface area contributed by atoms with Crippen molar-refractivity contribution in [2.45, 2.75) is 19.8 Å². The SMILES string of the molecule is Cc1cccc2c1CC(C1=Nc3cc(-c4ccnc(N)n4)ccc3C1)CO2. The summed E-state index contributed by atoms with van der Waals surface area (Å²) in [5, 5.41) is 0. The number of aryl methyl sites for hydroxylation is 1. The first-order valence-electron chi connectivity index (χ1n) is 9.18. The first kappa shape index (κ1) is 16.0. The van der Waals surface area contributed by atoms with Crippen molar-refractivity contribution in [3.8, 4) is 17.0 Å². The number of aromatic nitrogens is 2. The topological polar surface area (TPSA) is 73.4 Å². The van der Waals surface area contributed by atoms with Gasteiger partial charge in [-0.3, -0.25) is 4.99 Å². The van der Waals surface area contributed by atoms with Gasteiger partial charge in [-0.1, -0.05) is 24.3 Å². The molecule has 1 aromatic heterocycles. The third-order valence-corrected chi connectivity index (χ3v) is 5.42. The minimum Gasteiger partial charge on any atom is -0.493 e. The average Bonchev–Trinajstić information content (AvgIpc) is 3.11. The Kier molecular flexibility index (Phi) is 3.67. The number of rotatable bonds is 2. The largest absolute Gasteiger partial charge is 0.493 e. The van der Waals surface area contributed by atoms with Crippen LogP contribution < -0.4 is 10.5 Å². The molecular formula is C22H20N4O. The number of ether oxygens (including phenoxy) is 1. The molecule has 5 heteroatoms. The summed E-state index contributed by atoms with van der Waals surface area (Å²) in [7, 11) is 0. The molecule has 134 valence electrons. The van der Waals surface area contributed by atoms with Crippen molar-refractivity contribution >= 4 is 17.3 Å². The Bertz CT molecular complexity index is 1070. The zero-order valence-electron chi connectivity index (χ0n) is 15.1. The van der Waals surface area contributed by atoms with Gasteiger partial charge >= 0.3 is 0 Å². The van der Waals surface area contributed by atoms with E-state index in [1.165, 1.54) is 22.4 Å². The Morgan fingerprint density at radius 3 is 2.96 bits per heavy atom. The first-order chi connectivity index (χ1) is 13.2. The zero-order valence-corrected chi connectivity index (χ0v) is 15.1. The molecule has 0 spiro atoms. The third-order valence-electron chi connectivity index (χ3n) is 5.42. The van der Waals surface area contributed by atoms with Crippen molar-refractivity contribution in [3.05, 3.63) is 65.4 Å². The maximum absolute atomic E-state index is 6.02. The van der Waals surface area contributed by atoms with Gasteiger partial charge in [0.25, 0.3) is 0 Å². The molecule has 1 unspecified atom stereocenters. The summed E-state index contributed by atoms with van der Waals surface area (Å²) in [4.78, 5) is 13.2. The highest BCUT2D eigenvalue weighted by atomic mass is 16.5. The van der Waals surface area contributed by atoms with Gasteiger partial charge in [-0.25, -0.2) is 9.97 Å². The minimum absolute atomic E-state index is 0.283. The van der Waals surface area contributed by atoms with E-state index in [1.807, 2.05) is 6.07 Å². The molecule has 0 saturated heterocycles. The van der Waals surface area contributed by atoms with Crippen molar-refractivity contribution in [1.29, 1.82) is 0 Å². The van der Waals surface area contributed by atoms with Crippen LogP contribution in [0.1, 0.15) is 16.7 Å². The van der Waals surface area contributed by atoms with E-state index in [9.17, 15) is 0 Å². The molecule has 0 bridgehead atoms. The fourth-order valence-electron chi connectivity index (χ4n) is 3.92. The Morgan fingerprint density at radius 1 is 1.15 bits per heavy atom. The molecular weight excluding hydrogens is 336 g/mol. The number of nitrogens with zero attached hydrogens (tertiary/aromatic N) is 3. The van der Waals surface area contributed by atoms with Gasteiger partial charge < -0.3 is 10.5 Å². The number of benzene rings is 2. The van der Waals surface area contributed by atoms with E-state index in [2.05, 4.69) is 53.3 Å². The molecule has 3 aromatic rings. The van der Waals surface area contributed by atoms with E-state index >= 15 is 0 Å². The van der Waals surface area contributed by atoms with Crippen LogP contribution in [0.3, 0.4) is 0 Å². The Balaban J connectivity index is 1.44. The zero-order chi connectivity index (χ0) is 18.4. The summed E-state index contributed by atoms with van der Waals surface area (Å²) < 4.78 is 6.02. The number of hydrogen-bond acceptors (Lipinski definition) is 5. The second-order valence-electron chi connectivity index (χ2n) is 7.19. The van der Waals surface area contributed by atoms with Gasteiger partial charge in [0.2, 0.25) is 5.95 Å². The lowest BCUT2D eigenvalue weighted by Crippen LogP contribution is -2.28. The molecule has 2 aromatic carbocycles. The Labute approximate surface area is 158 Å². The van der Waals surface area contributed by atoms with Gasteiger partial charge in [-0.15, -0.1) is 0 Å². The van der Waals surface area contributed by atoms with Crippen molar-refractivity contribution in [2.24, 2.45) is 10.9 Å². The van der Waals surface area contributed by atoms with Crippen molar-refractivity contribution in [1.82, 2.24) is 9.97 Å². The number of nitrogens with two attached hydrogens (primary N) is 1. The average molecular weight is 356 g/mol. The van der Waals surface area contributed by atoms with Gasteiger partial charge in [0.1, 0.15) is 5.75 Å². The predicted octanol–water partition coefficient (Wildman–Crippen LogP) is 3.91. The maximum atomic E-state index is 6.02. The molecule has 0 aliphatic carbocycles. The van der Waals surface area contributed by atoms with E-state index in [1.54, 1.807) is 6.20 Å². The van der Waals surface area contributed by atoms with Gasteiger partial charge in [-0.05, 0) is 48.2 Å². The lowest BCUT2D eigenvalue weighted by atomic mass is 9.88. The number of hydrogen-bond donors (Lipinski definition) is 1. The molecule has 0 radical (unpaired) electrons. The van der Waals surface area contributed by atoms with Crippen LogP contribution in [0.25, 0.3) is 11.3 Å². The highest BCUT2D eigenvalue weighted by Gasteiger charge is 2.28. The number of anilines is 1. The standard InChI is InChI=1S/C22H20N4O/c1-13-3-2-4-21-17(13)9-16(12-27-21)20-11-15-6-5-14(10-19(15)25-20)18-7-8-24-22(23)26-18/h2-8,10,16H,9,11-12H2,1H3,(H2,23,24,26). The maximum Gasteiger partial charge on any atom is 0.220 e. The normalized spacial score (nSPS) is 17.7. The van der Waals surface area contributed by atoms with Gasteiger partial charge in [0.05, 0.1) is 18.0 Å². The molecule has 2 N–H and O–H groups in total. The first-order valence-corrected chi connectivity index (χ1v) is 9.18. The highest BCUT2D eigenvalue weighted by Crippen LogP contribution is 2.36. The molecule has 5 nitrogen and oxygen atoms in total. The lowest BCUT2D eigenvalue weighted by molar-refractivity contribution is 0.257. The summed E-state index contributed by atoms with van der Waals surface area (Å²) in [6, 6.07) is 14.4. The van der Waals surface area contributed by atoms with Crippen molar-refractivity contribution < 1.29 is 4.74 Å². The smallest absolute Gasteiger partial charge is 0.220 e. The summed E-state index contributed by atoms with van der Waals surface area (Å²) in [6.45, 7) is 2.84.